The highest BCUT2D eigenvalue weighted by atomic mass is 16.6. The highest BCUT2D eigenvalue weighted by Gasteiger charge is 2.43. The van der Waals surface area contributed by atoms with Crippen LogP contribution in [0.4, 0.5) is 5.82 Å². The van der Waals surface area contributed by atoms with Gasteiger partial charge in [-0.05, 0) is 13.8 Å². The first-order valence-electron chi connectivity index (χ1n) is 5.86. The van der Waals surface area contributed by atoms with Crippen LogP contribution in [0.2, 0.25) is 0 Å². The van der Waals surface area contributed by atoms with Crippen molar-refractivity contribution in [3.05, 3.63) is 40.1 Å². The summed E-state index contributed by atoms with van der Waals surface area (Å²) in [4.78, 5) is 42.0. The third-order valence-electron chi connectivity index (χ3n) is 3.12. The predicted octanol–water partition coefficient (Wildman–Crippen LogP) is 0.898. The van der Waals surface area contributed by atoms with Crippen molar-refractivity contribution in [3.63, 3.8) is 0 Å². The molecule has 8 heteroatoms. The molecular formula is C12H12N4O4. The van der Waals surface area contributed by atoms with E-state index in [4.69, 9.17) is 0 Å². The number of anilines is 1. The minimum absolute atomic E-state index is 0.233. The van der Waals surface area contributed by atoms with Crippen molar-refractivity contribution in [1.29, 1.82) is 0 Å². The molecule has 1 aliphatic rings. The van der Waals surface area contributed by atoms with Crippen molar-refractivity contribution in [1.82, 2.24) is 9.97 Å². The van der Waals surface area contributed by atoms with E-state index in [1.54, 1.807) is 0 Å². The summed E-state index contributed by atoms with van der Waals surface area (Å²) in [5, 5.41) is 13.8. The number of nitrogens with zero attached hydrogens (tertiary/aromatic N) is 3. The van der Waals surface area contributed by atoms with Crippen molar-refractivity contribution >= 4 is 17.4 Å². The van der Waals surface area contributed by atoms with Crippen molar-refractivity contribution in [2.75, 3.05) is 5.32 Å². The molecule has 0 aliphatic carbocycles. The van der Waals surface area contributed by atoms with E-state index in [0.29, 0.717) is 5.82 Å². The lowest BCUT2D eigenvalue weighted by atomic mass is 9.80. The van der Waals surface area contributed by atoms with E-state index in [1.165, 1.54) is 26.2 Å². The zero-order valence-corrected chi connectivity index (χ0v) is 10.9. The summed E-state index contributed by atoms with van der Waals surface area (Å²) in [6, 6.07) is 0. The first-order valence-corrected chi connectivity index (χ1v) is 5.86. The van der Waals surface area contributed by atoms with Crippen LogP contribution < -0.4 is 5.32 Å². The Hall–Kier alpha value is -2.64. The molecule has 0 fully saturated rings. The summed E-state index contributed by atoms with van der Waals surface area (Å²) >= 11 is 0. The van der Waals surface area contributed by atoms with Gasteiger partial charge in [0.1, 0.15) is 17.5 Å². The maximum Gasteiger partial charge on any atom is 0.272 e. The van der Waals surface area contributed by atoms with Crippen LogP contribution in [0.25, 0.3) is 0 Å². The minimum atomic E-state index is -1.14. The SMILES string of the molecule is CC(=O)C(C(C)=O)C1C([N+](=O)[O-])=CNc2nccnc21. The highest BCUT2D eigenvalue weighted by molar-refractivity contribution is 6.01. The molecule has 0 radical (unpaired) electrons. The van der Waals surface area contributed by atoms with Gasteiger partial charge >= 0.3 is 0 Å². The average Bonchev–Trinajstić information content (AvgIpc) is 2.37. The van der Waals surface area contributed by atoms with Gasteiger partial charge in [-0.1, -0.05) is 0 Å². The van der Waals surface area contributed by atoms with E-state index >= 15 is 0 Å². The van der Waals surface area contributed by atoms with Crippen LogP contribution in [0.3, 0.4) is 0 Å². The summed E-state index contributed by atoms with van der Waals surface area (Å²) in [7, 11) is 0. The predicted molar refractivity (Wildman–Crippen MR) is 68.3 cm³/mol. The lowest BCUT2D eigenvalue weighted by Crippen LogP contribution is -2.33. The highest BCUT2D eigenvalue weighted by Crippen LogP contribution is 2.38. The largest absolute Gasteiger partial charge is 0.339 e. The monoisotopic (exact) mass is 276 g/mol. The second-order valence-corrected chi connectivity index (χ2v) is 4.44. The number of fused-ring (bicyclic) bond motifs is 1. The molecule has 20 heavy (non-hydrogen) atoms. The van der Waals surface area contributed by atoms with Gasteiger partial charge in [0, 0.05) is 12.4 Å². The van der Waals surface area contributed by atoms with E-state index in [-0.39, 0.29) is 11.4 Å². The first-order chi connectivity index (χ1) is 9.43. The Morgan fingerprint density at radius 2 is 1.90 bits per heavy atom. The lowest BCUT2D eigenvalue weighted by Gasteiger charge is -2.24. The summed E-state index contributed by atoms with van der Waals surface area (Å²) in [5.74, 6) is -2.72. The Kier molecular flexibility index (Phi) is 3.55. The van der Waals surface area contributed by atoms with Crippen molar-refractivity contribution in [3.8, 4) is 0 Å². The molecule has 0 spiro atoms. The molecule has 1 unspecified atom stereocenters. The van der Waals surface area contributed by atoms with Crippen LogP contribution in [0, 0.1) is 16.0 Å². The number of carbonyl (C=O) groups excluding carboxylic acids is 2. The fourth-order valence-corrected chi connectivity index (χ4v) is 2.31. The molecule has 1 N–H and O–H groups in total. The number of carbonyl (C=O) groups is 2. The maximum absolute atomic E-state index is 11.7. The topological polar surface area (TPSA) is 115 Å². The molecular weight excluding hydrogens is 264 g/mol. The molecule has 1 aromatic heterocycles. The number of nitro groups is 1. The number of Topliss-reactive ketones (excluding diaryl/α,β-unsaturated/α-hetero) is 2. The second kappa shape index (κ2) is 5.16. The summed E-state index contributed by atoms with van der Waals surface area (Å²) < 4.78 is 0. The van der Waals surface area contributed by atoms with Gasteiger partial charge in [-0.2, -0.15) is 0 Å². The fourth-order valence-electron chi connectivity index (χ4n) is 2.31. The van der Waals surface area contributed by atoms with Gasteiger partial charge < -0.3 is 5.32 Å². The van der Waals surface area contributed by atoms with E-state index in [9.17, 15) is 19.7 Å². The summed E-state index contributed by atoms with van der Waals surface area (Å²) in [6.45, 7) is 2.48. The molecule has 0 bridgehead atoms. The van der Waals surface area contributed by atoms with Gasteiger partial charge in [-0.25, -0.2) is 4.98 Å². The fraction of sp³-hybridized carbons (Fsp3) is 0.333. The molecule has 2 rings (SSSR count). The zero-order valence-electron chi connectivity index (χ0n) is 10.9. The summed E-state index contributed by atoms with van der Waals surface area (Å²) in [5.41, 5.74) is -0.0366. The molecule has 1 aliphatic heterocycles. The van der Waals surface area contributed by atoms with E-state index in [2.05, 4.69) is 15.3 Å². The van der Waals surface area contributed by atoms with Gasteiger partial charge in [0.05, 0.1) is 22.7 Å². The van der Waals surface area contributed by atoms with Gasteiger partial charge in [-0.3, -0.25) is 24.7 Å². The number of hydrogen-bond acceptors (Lipinski definition) is 7. The number of hydrogen-bond donors (Lipinski definition) is 1. The molecule has 0 aromatic carbocycles. The average molecular weight is 276 g/mol. The van der Waals surface area contributed by atoms with Crippen molar-refractivity contribution in [2.45, 2.75) is 19.8 Å². The third kappa shape index (κ3) is 2.27. The smallest absolute Gasteiger partial charge is 0.272 e. The zero-order chi connectivity index (χ0) is 14.9. The Morgan fingerprint density at radius 1 is 1.30 bits per heavy atom. The van der Waals surface area contributed by atoms with Crippen LogP contribution >= 0.6 is 0 Å². The third-order valence-corrected chi connectivity index (χ3v) is 3.12. The van der Waals surface area contributed by atoms with Gasteiger partial charge in [0.2, 0.25) is 0 Å². The Balaban J connectivity index is 2.61. The van der Waals surface area contributed by atoms with E-state index < -0.39 is 28.3 Å². The number of rotatable bonds is 4. The number of allylic oxidation sites excluding steroid dienone is 1. The Bertz CT molecular complexity index is 612. The first kappa shape index (κ1) is 13.8. The standard InChI is InChI=1S/C12H12N4O4/c1-6(17)9(7(2)18)10-8(16(19)20)5-15-12-11(10)13-3-4-14-12/h3-5,9-10H,1-2H3,(H,14,15). The molecule has 1 aromatic rings. The number of nitrogens with one attached hydrogen (secondary N) is 1. The molecule has 104 valence electrons. The quantitative estimate of drug-likeness (QED) is 0.493. The number of ketones is 2. The van der Waals surface area contributed by atoms with Gasteiger partial charge in [0.15, 0.2) is 5.82 Å². The van der Waals surface area contributed by atoms with E-state index in [1.807, 2.05) is 0 Å². The second-order valence-electron chi connectivity index (χ2n) is 4.44. The Morgan fingerprint density at radius 3 is 2.45 bits per heavy atom. The van der Waals surface area contributed by atoms with Crippen molar-refractivity contribution in [2.24, 2.45) is 5.92 Å². The molecule has 8 nitrogen and oxygen atoms in total. The van der Waals surface area contributed by atoms with Crippen LogP contribution in [-0.4, -0.2) is 26.5 Å². The van der Waals surface area contributed by atoms with E-state index in [0.717, 1.165) is 6.20 Å². The summed E-state index contributed by atoms with van der Waals surface area (Å²) in [6.07, 6.45) is 3.94. The molecule has 0 saturated carbocycles. The molecule has 2 heterocycles. The van der Waals surface area contributed by atoms with Gasteiger partial charge in [-0.15, -0.1) is 0 Å². The Labute approximate surface area is 114 Å². The molecule has 1 atom stereocenters. The van der Waals surface area contributed by atoms with Gasteiger partial charge in [0.25, 0.3) is 5.70 Å². The number of aromatic nitrogens is 2. The van der Waals surface area contributed by atoms with Crippen molar-refractivity contribution < 1.29 is 14.5 Å². The van der Waals surface area contributed by atoms with Crippen LogP contribution in [0.5, 0.6) is 0 Å². The molecule has 0 saturated heterocycles. The van der Waals surface area contributed by atoms with Crippen LogP contribution in [0.15, 0.2) is 24.3 Å². The maximum atomic E-state index is 11.7. The molecule has 0 amide bonds. The van der Waals surface area contributed by atoms with Crippen LogP contribution in [0.1, 0.15) is 25.5 Å². The minimum Gasteiger partial charge on any atom is -0.339 e. The van der Waals surface area contributed by atoms with Crippen LogP contribution in [-0.2, 0) is 9.59 Å². The normalized spacial score (nSPS) is 16.9. The lowest BCUT2D eigenvalue weighted by molar-refractivity contribution is -0.431.